The third kappa shape index (κ3) is 53.0. The minimum absolute atomic E-state index is 0.0219. The summed E-state index contributed by atoms with van der Waals surface area (Å²) in [5.74, 6) is -0.338. The summed E-state index contributed by atoms with van der Waals surface area (Å²) in [7, 11) is 1.35. The van der Waals surface area contributed by atoms with Gasteiger partial charge in [-0.25, -0.2) is 0 Å². The van der Waals surface area contributed by atoms with Crippen LogP contribution in [-0.4, -0.2) is 70.7 Å². The van der Waals surface area contributed by atoms with Crippen molar-refractivity contribution < 1.29 is 37.3 Å². The minimum atomic E-state index is -4.54. The van der Waals surface area contributed by atoms with Gasteiger partial charge in [-0.3, -0.25) is 9.36 Å². The topological polar surface area (TPSA) is 94.1 Å². The van der Waals surface area contributed by atoms with Crippen molar-refractivity contribution in [3.8, 4) is 0 Å². The molecular formula is C56H104NO7P. The Morgan fingerprint density at radius 1 is 0.492 bits per heavy atom. The third-order valence-electron chi connectivity index (χ3n) is 11.6. The van der Waals surface area contributed by atoms with Crippen LogP contribution >= 0.6 is 7.82 Å². The molecule has 0 radical (unpaired) electrons. The van der Waals surface area contributed by atoms with E-state index >= 15 is 0 Å². The third-order valence-corrected chi connectivity index (χ3v) is 12.5. The van der Waals surface area contributed by atoms with E-state index in [0.29, 0.717) is 24.1 Å². The van der Waals surface area contributed by atoms with Crippen LogP contribution in [0.5, 0.6) is 0 Å². The van der Waals surface area contributed by atoms with Crippen LogP contribution in [0.15, 0.2) is 60.8 Å². The Bertz CT molecular complexity index is 1220. The maximum atomic E-state index is 12.8. The quantitative estimate of drug-likeness (QED) is 0.0197. The fraction of sp³-hybridized carbons (Fsp3) is 0.804. The molecule has 2 unspecified atom stereocenters. The molecule has 0 spiro atoms. The summed E-state index contributed by atoms with van der Waals surface area (Å²) in [6, 6.07) is 0. The van der Waals surface area contributed by atoms with Crippen LogP contribution in [0.3, 0.4) is 0 Å². The Balaban J connectivity index is 4.13. The van der Waals surface area contributed by atoms with Crippen LogP contribution in [0.2, 0.25) is 0 Å². The lowest BCUT2D eigenvalue weighted by atomic mass is 10.0. The summed E-state index contributed by atoms with van der Waals surface area (Å²) >= 11 is 0. The normalized spacial score (nSPS) is 14.0. The molecule has 0 rings (SSSR count). The van der Waals surface area contributed by atoms with Crippen molar-refractivity contribution in [1.29, 1.82) is 0 Å². The van der Waals surface area contributed by atoms with Gasteiger partial charge in [-0.1, -0.05) is 209 Å². The number of ether oxygens (including phenoxy) is 2. The van der Waals surface area contributed by atoms with E-state index in [9.17, 15) is 14.3 Å². The Labute approximate surface area is 402 Å². The first-order valence-corrected chi connectivity index (χ1v) is 28.5. The average Bonchev–Trinajstić information content (AvgIpc) is 3.27. The molecule has 0 fully saturated rings. The highest BCUT2D eigenvalue weighted by Gasteiger charge is 2.20. The van der Waals surface area contributed by atoms with Gasteiger partial charge in [0.1, 0.15) is 19.3 Å². The Morgan fingerprint density at radius 3 is 1.35 bits per heavy atom. The molecule has 0 aliphatic carbocycles. The van der Waals surface area contributed by atoms with Crippen molar-refractivity contribution >= 4 is 13.8 Å². The predicted octanol–water partition coefficient (Wildman–Crippen LogP) is 16.2. The standard InChI is InChI=1S/C56H104NO7P/c1-6-8-10-12-14-16-18-20-22-24-26-28-29-30-31-33-35-37-39-41-43-45-47-49-56(58)64-55(54-63-65(59,60)62-52-50-57(3,4)5)53-61-51-48-46-44-42-40-38-36-34-32-27-25-23-21-19-17-15-13-11-9-7-2/h9,11,15,17,21,23-24,26-27,32,55H,6-8,10,12-14,16,18-20,22,25,28-31,33-54H2,1-5H3/b11-9-,17-15-,23-21-,26-24-,32-27-. The molecular weight excluding hydrogens is 830 g/mol. The van der Waals surface area contributed by atoms with Gasteiger partial charge in [0, 0.05) is 13.0 Å². The molecule has 0 aromatic rings. The second-order valence-electron chi connectivity index (χ2n) is 19.2. The lowest BCUT2D eigenvalue weighted by Gasteiger charge is -2.28. The van der Waals surface area contributed by atoms with Gasteiger partial charge in [0.05, 0.1) is 34.4 Å². The zero-order chi connectivity index (χ0) is 47.6. The van der Waals surface area contributed by atoms with E-state index in [4.69, 9.17) is 18.5 Å². The summed E-state index contributed by atoms with van der Waals surface area (Å²) in [5, 5.41) is 0. The van der Waals surface area contributed by atoms with Gasteiger partial charge in [0.2, 0.25) is 0 Å². The molecule has 9 heteroatoms. The number of rotatable bonds is 50. The number of nitrogens with zero attached hydrogens (tertiary/aromatic N) is 1. The van der Waals surface area contributed by atoms with E-state index in [1.165, 1.54) is 141 Å². The van der Waals surface area contributed by atoms with Crippen molar-refractivity contribution in [3.05, 3.63) is 60.8 Å². The molecule has 0 heterocycles. The highest BCUT2D eigenvalue weighted by molar-refractivity contribution is 7.45. The molecule has 8 nitrogen and oxygen atoms in total. The van der Waals surface area contributed by atoms with E-state index in [2.05, 4.69) is 74.6 Å². The van der Waals surface area contributed by atoms with Gasteiger partial charge in [0.25, 0.3) is 7.82 Å². The molecule has 0 N–H and O–H groups in total. The number of esters is 1. The molecule has 0 amide bonds. The second-order valence-corrected chi connectivity index (χ2v) is 20.6. The number of likely N-dealkylation sites (N-methyl/N-ethyl adjacent to an activating group) is 1. The zero-order valence-corrected chi connectivity index (χ0v) is 44.1. The van der Waals surface area contributed by atoms with Crippen LogP contribution in [-0.2, 0) is 27.9 Å². The first-order valence-electron chi connectivity index (χ1n) is 27.0. The maximum Gasteiger partial charge on any atom is 0.306 e. The minimum Gasteiger partial charge on any atom is -0.756 e. The van der Waals surface area contributed by atoms with Crippen LogP contribution in [0.25, 0.3) is 0 Å². The number of phosphoric acid groups is 1. The van der Waals surface area contributed by atoms with Crippen molar-refractivity contribution in [2.75, 3.05) is 54.1 Å². The van der Waals surface area contributed by atoms with E-state index in [0.717, 1.165) is 70.6 Å². The van der Waals surface area contributed by atoms with Gasteiger partial charge in [-0.15, -0.1) is 0 Å². The summed E-state index contributed by atoms with van der Waals surface area (Å²) in [6.45, 7) is 5.29. The van der Waals surface area contributed by atoms with Crippen molar-refractivity contribution in [2.45, 2.75) is 238 Å². The number of carbonyl (C=O) groups is 1. The van der Waals surface area contributed by atoms with Crippen LogP contribution in [0, 0.1) is 0 Å². The number of allylic oxidation sites excluding steroid dienone is 10. The van der Waals surface area contributed by atoms with Gasteiger partial charge in [-0.2, -0.15) is 0 Å². The molecule has 65 heavy (non-hydrogen) atoms. The number of carbonyl (C=O) groups excluding carboxylic acids is 1. The van der Waals surface area contributed by atoms with E-state index < -0.39 is 13.9 Å². The summed E-state index contributed by atoms with van der Waals surface area (Å²) < 4.78 is 34.8. The van der Waals surface area contributed by atoms with E-state index in [1.807, 2.05) is 21.1 Å². The Morgan fingerprint density at radius 2 is 0.892 bits per heavy atom. The average molecular weight is 934 g/mol. The molecule has 0 aromatic heterocycles. The van der Waals surface area contributed by atoms with Gasteiger partial charge < -0.3 is 27.9 Å². The molecule has 0 bridgehead atoms. The van der Waals surface area contributed by atoms with Gasteiger partial charge in [-0.05, 0) is 77.0 Å². The van der Waals surface area contributed by atoms with E-state index in [-0.39, 0.29) is 25.8 Å². The van der Waals surface area contributed by atoms with Crippen molar-refractivity contribution in [3.63, 3.8) is 0 Å². The van der Waals surface area contributed by atoms with E-state index in [1.54, 1.807) is 0 Å². The summed E-state index contributed by atoms with van der Waals surface area (Å²) in [6.07, 6.45) is 62.5. The molecule has 0 saturated heterocycles. The molecule has 0 aromatic carbocycles. The highest BCUT2D eigenvalue weighted by atomic mass is 31.2. The zero-order valence-electron chi connectivity index (χ0n) is 43.2. The lowest BCUT2D eigenvalue weighted by Crippen LogP contribution is -2.37. The maximum absolute atomic E-state index is 12.8. The smallest absolute Gasteiger partial charge is 0.306 e. The van der Waals surface area contributed by atoms with Crippen LogP contribution in [0.1, 0.15) is 232 Å². The molecule has 0 saturated carbocycles. The summed E-state index contributed by atoms with van der Waals surface area (Å²) in [4.78, 5) is 25.2. The monoisotopic (exact) mass is 934 g/mol. The second kappa shape index (κ2) is 48.6. The fourth-order valence-corrected chi connectivity index (χ4v) is 8.14. The first-order chi connectivity index (χ1) is 31.6. The highest BCUT2D eigenvalue weighted by Crippen LogP contribution is 2.38. The SMILES string of the molecule is CC/C=C\C/C=C\C/C=C\C/C=C\CCCCCCCCCOCC(COP(=O)([O-])OCC[N+](C)(C)C)OC(=O)CCCCCCCCCCCCC/C=C\CCCCCCCCCC. The number of unbranched alkanes of at least 4 members (excludes halogenated alkanes) is 26. The summed E-state index contributed by atoms with van der Waals surface area (Å²) in [5.41, 5.74) is 0. The predicted molar refractivity (Wildman–Crippen MR) is 277 cm³/mol. The van der Waals surface area contributed by atoms with Crippen LogP contribution < -0.4 is 4.89 Å². The Hall–Kier alpha value is -1.80. The number of phosphoric ester groups is 1. The van der Waals surface area contributed by atoms with Crippen molar-refractivity contribution in [1.82, 2.24) is 0 Å². The van der Waals surface area contributed by atoms with Gasteiger partial charge >= 0.3 is 5.97 Å². The number of hydrogen-bond donors (Lipinski definition) is 0. The Kier molecular flexibility index (Phi) is 47.3. The number of quaternary nitrogens is 1. The first kappa shape index (κ1) is 63.2. The fourth-order valence-electron chi connectivity index (χ4n) is 7.42. The molecule has 0 aliphatic heterocycles. The lowest BCUT2D eigenvalue weighted by molar-refractivity contribution is -0.870. The molecule has 0 aliphatic rings. The van der Waals surface area contributed by atoms with Crippen molar-refractivity contribution in [2.24, 2.45) is 0 Å². The van der Waals surface area contributed by atoms with Gasteiger partial charge in [0.15, 0.2) is 0 Å². The molecule has 2 atom stereocenters. The largest absolute Gasteiger partial charge is 0.756 e. The number of hydrogen-bond acceptors (Lipinski definition) is 7. The molecule has 380 valence electrons. The van der Waals surface area contributed by atoms with Crippen LogP contribution in [0.4, 0.5) is 0 Å².